The summed E-state index contributed by atoms with van der Waals surface area (Å²) in [6.45, 7) is 3.74. The van der Waals surface area contributed by atoms with Crippen LogP contribution in [0.2, 0.25) is 0 Å². The third-order valence-corrected chi connectivity index (χ3v) is 4.12. The van der Waals surface area contributed by atoms with Gasteiger partial charge < -0.3 is 10.6 Å². The maximum absolute atomic E-state index is 5.99. The fourth-order valence-corrected chi connectivity index (χ4v) is 3.14. The molecule has 96 valence electrons. The Kier molecular flexibility index (Phi) is 6.71. The summed E-state index contributed by atoms with van der Waals surface area (Å²) in [7, 11) is 0. The molecule has 1 aliphatic heterocycles. The fourth-order valence-electron chi connectivity index (χ4n) is 3.14. The highest BCUT2D eigenvalue weighted by molar-refractivity contribution is 5.85. The Hall–Kier alpha value is 0.210. The zero-order valence-electron chi connectivity index (χ0n) is 10.4. The predicted molar refractivity (Wildman–Crippen MR) is 72.1 cm³/mol. The molecule has 0 unspecified atom stereocenters. The van der Waals surface area contributed by atoms with Crippen LogP contribution in [0.1, 0.15) is 51.4 Å². The quantitative estimate of drug-likeness (QED) is 0.830. The van der Waals surface area contributed by atoms with E-state index in [-0.39, 0.29) is 12.4 Å². The van der Waals surface area contributed by atoms with Crippen molar-refractivity contribution in [1.29, 1.82) is 0 Å². The molecule has 1 saturated heterocycles. The molecule has 0 aromatic heterocycles. The summed E-state index contributed by atoms with van der Waals surface area (Å²) in [5.74, 6) is 1.02. The van der Waals surface area contributed by atoms with Crippen molar-refractivity contribution in [1.82, 2.24) is 4.90 Å². The van der Waals surface area contributed by atoms with E-state index in [9.17, 15) is 0 Å². The molecule has 0 radical (unpaired) electrons. The second kappa shape index (κ2) is 7.52. The van der Waals surface area contributed by atoms with E-state index in [1.165, 1.54) is 64.5 Å². The smallest absolute Gasteiger partial charge is 0.0168 e. The summed E-state index contributed by atoms with van der Waals surface area (Å²) in [4.78, 5) is 2.59. The molecule has 0 spiro atoms. The molecule has 0 aromatic carbocycles. The summed E-state index contributed by atoms with van der Waals surface area (Å²) in [5.41, 5.74) is 5.99. The van der Waals surface area contributed by atoms with Crippen molar-refractivity contribution < 1.29 is 0 Å². The minimum absolute atomic E-state index is 0. The van der Waals surface area contributed by atoms with Crippen LogP contribution in [-0.4, -0.2) is 30.6 Å². The number of likely N-dealkylation sites (tertiary alicyclic amines) is 1. The highest BCUT2D eigenvalue weighted by Crippen LogP contribution is 2.26. The van der Waals surface area contributed by atoms with Gasteiger partial charge in [0.1, 0.15) is 0 Å². The SMILES string of the molecule is Cl.N[C@@H]1CCCN(CCC2CCCCC2)C1. The van der Waals surface area contributed by atoms with Crippen molar-refractivity contribution >= 4 is 12.4 Å². The molecular weight excluding hydrogens is 220 g/mol. The largest absolute Gasteiger partial charge is 0.327 e. The minimum Gasteiger partial charge on any atom is -0.327 e. The van der Waals surface area contributed by atoms with Gasteiger partial charge in [-0.1, -0.05) is 32.1 Å². The minimum atomic E-state index is 0. The summed E-state index contributed by atoms with van der Waals surface area (Å²) < 4.78 is 0. The van der Waals surface area contributed by atoms with Crippen molar-refractivity contribution in [2.45, 2.75) is 57.4 Å². The van der Waals surface area contributed by atoms with Gasteiger partial charge in [0.2, 0.25) is 0 Å². The highest BCUT2D eigenvalue weighted by atomic mass is 35.5. The van der Waals surface area contributed by atoms with E-state index < -0.39 is 0 Å². The van der Waals surface area contributed by atoms with E-state index in [4.69, 9.17) is 5.73 Å². The monoisotopic (exact) mass is 246 g/mol. The average Bonchev–Trinajstić information content (AvgIpc) is 2.28. The zero-order valence-corrected chi connectivity index (χ0v) is 11.2. The maximum Gasteiger partial charge on any atom is 0.0168 e. The molecular formula is C13H27ClN2. The molecule has 0 amide bonds. The first-order valence-corrected chi connectivity index (χ1v) is 6.82. The lowest BCUT2D eigenvalue weighted by Crippen LogP contribution is -2.43. The van der Waals surface area contributed by atoms with Gasteiger partial charge in [-0.25, -0.2) is 0 Å². The Morgan fingerprint density at radius 2 is 1.75 bits per heavy atom. The first-order chi connectivity index (χ1) is 7.34. The molecule has 1 aliphatic carbocycles. The number of hydrogen-bond acceptors (Lipinski definition) is 2. The van der Waals surface area contributed by atoms with Gasteiger partial charge in [0.05, 0.1) is 0 Å². The van der Waals surface area contributed by atoms with Gasteiger partial charge in [-0.3, -0.25) is 0 Å². The Morgan fingerprint density at radius 3 is 2.44 bits per heavy atom. The van der Waals surface area contributed by atoms with Crippen molar-refractivity contribution in [2.75, 3.05) is 19.6 Å². The van der Waals surface area contributed by atoms with Gasteiger partial charge in [0, 0.05) is 12.6 Å². The molecule has 2 nitrogen and oxygen atoms in total. The standard InChI is InChI=1S/C13H26N2.ClH/c14-13-7-4-9-15(11-13)10-8-12-5-2-1-3-6-12;/h12-13H,1-11,14H2;1H/t13-;/m1./s1. The summed E-state index contributed by atoms with van der Waals surface area (Å²) in [5, 5.41) is 0. The van der Waals surface area contributed by atoms with Gasteiger partial charge in [0.25, 0.3) is 0 Å². The lowest BCUT2D eigenvalue weighted by molar-refractivity contribution is 0.186. The van der Waals surface area contributed by atoms with Gasteiger partial charge >= 0.3 is 0 Å². The van der Waals surface area contributed by atoms with Crippen LogP contribution in [0.15, 0.2) is 0 Å². The summed E-state index contributed by atoms with van der Waals surface area (Å²) in [6.07, 6.45) is 11.4. The number of nitrogens with zero attached hydrogens (tertiary/aromatic N) is 1. The maximum atomic E-state index is 5.99. The van der Waals surface area contributed by atoms with Crippen LogP contribution in [0, 0.1) is 5.92 Å². The second-order valence-corrected chi connectivity index (χ2v) is 5.50. The second-order valence-electron chi connectivity index (χ2n) is 5.50. The van der Waals surface area contributed by atoms with Crippen molar-refractivity contribution in [3.63, 3.8) is 0 Å². The molecule has 1 saturated carbocycles. The molecule has 2 rings (SSSR count). The molecule has 1 atom stereocenters. The molecule has 2 fully saturated rings. The Balaban J connectivity index is 0.00000128. The summed E-state index contributed by atoms with van der Waals surface area (Å²) >= 11 is 0. The van der Waals surface area contributed by atoms with Gasteiger partial charge in [-0.15, -0.1) is 12.4 Å². The number of halogens is 1. The number of hydrogen-bond donors (Lipinski definition) is 1. The van der Waals surface area contributed by atoms with Crippen molar-refractivity contribution in [3.8, 4) is 0 Å². The first kappa shape index (κ1) is 14.3. The topological polar surface area (TPSA) is 29.3 Å². The molecule has 3 heteroatoms. The molecule has 2 aliphatic rings. The van der Waals surface area contributed by atoms with E-state index >= 15 is 0 Å². The van der Waals surface area contributed by atoms with Crippen LogP contribution < -0.4 is 5.73 Å². The van der Waals surface area contributed by atoms with Crippen LogP contribution in [0.4, 0.5) is 0 Å². The van der Waals surface area contributed by atoms with Crippen LogP contribution in [0.5, 0.6) is 0 Å². The Morgan fingerprint density at radius 1 is 1.00 bits per heavy atom. The van der Waals surface area contributed by atoms with E-state index in [0.29, 0.717) is 6.04 Å². The van der Waals surface area contributed by atoms with Crippen molar-refractivity contribution in [2.24, 2.45) is 11.7 Å². The Bertz CT molecular complexity index is 181. The number of piperidine rings is 1. The lowest BCUT2D eigenvalue weighted by atomic mass is 9.87. The van der Waals surface area contributed by atoms with Gasteiger partial charge in [0.15, 0.2) is 0 Å². The third kappa shape index (κ3) is 4.60. The normalized spacial score (nSPS) is 28.7. The van der Waals surface area contributed by atoms with Gasteiger partial charge in [-0.2, -0.15) is 0 Å². The molecule has 2 N–H and O–H groups in total. The average molecular weight is 247 g/mol. The van der Waals surface area contributed by atoms with E-state index in [1.54, 1.807) is 0 Å². The number of rotatable bonds is 3. The molecule has 0 bridgehead atoms. The van der Waals surface area contributed by atoms with Crippen molar-refractivity contribution in [3.05, 3.63) is 0 Å². The molecule has 0 aromatic rings. The van der Waals surface area contributed by atoms with E-state index in [0.717, 1.165) is 12.5 Å². The molecule has 1 heterocycles. The summed E-state index contributed by atoms with van der Waals surface area (Å²) in [6, 6.07) is 0.449. The van der Waals surface area contributed by atoms with E-state index in [2.05, 4.69) is 4.90 Å². The number of nitrogens with two attached hydrogens (primary N) is 1. The van der Waals surface area contributed by atoms with Crippen LogP contribution >= 0.6 is 12.4 Å². The predicted octanol–water partition coefficient (Wildman–Crippen LogP) is 2.80. The van der Waals surface area contributed by atoms with Crippen LogP contribution in [-0.2, 0) is 0 Å². The fraction of sp³-hybridized carbons (Fsp3) is 1.00. The lowest BCUT2D eigenvalue weighted by Gasteiger charge is -2.32. The highest BCUT2D eigenvalue weighted by Gasteiger charge is 2.18. The molecule has 16 heavy (non-hydrogen) atoms. The zero-order chi connectivity index (χ0) is 10.5. The van der Waals surface area contributed by atoms with Gasteiger partial charge in [-0.05, 0) is 38.3 Å². The van der Waals surface area contributed by atoms with Crippen LogP contribution in [0.3, 0.4) is 0 Å². The Labute approximate surface area is 106 Å². The first-order valence-electron chi connectivity index (χ1n) is 6.82. The van der Waals surface area contributed by atoms with E-state index in [1.807, 2.05) is 0 Å². The van der Waals surface area contributed by atoms with Crippen LogP contribution in [0.25, 0.3) is 0 Å². The third-order valence-electron chi connectivity index (χ3n) is 4.12.